The van der Waals surface area contributed by atoms with E-state index in [1.807, 2.05) is 12.3 Å². The van der Waals surface area contributed by atoms with Crippen LogP contribution < -0.4 is 0 Å². The van der Waals surface area contributed by atoms with Gasteiger partial charge in [0.1, 0.15) is 0 Å². The maximum Gasteiger partial charge on any atom is 0.500 e. The predicted octanol–water partition coefficient (Wildman–Crippen LogP) is 3.83. The Hall–Kier alpha value is -1.27. The van der Waals surface area contributed by atoms with E-state index in [2.05, 4.69) is 29.2 Å². The first-order valence-electron chi connectivity index (χ1n) is 7.72. The molecule has 2 aromatic rings. The average Bonchev–Trinajstić information content (AvgIpc) is 2.58. The van der Waals surface area contributed by atoms with Crippen LogP contribution in [0.25, 0.3) is 10.9 Å². The molecule has 0 atom stereocenters. The van der Waals surface area contributed by atoms with E-state index in [9.17, 15) is 0 Å². The Labute approximate surface area is 133 Å². The zero-order chi connectivity index (χ0) is 15.8. The Morgan fingerprint density at radius 1 is 0.955 bits per heavy atom. The van der Waals surface area contributed by atoms with E-state index < -0.39 is 8.80 Å². The van der Waals surface area contributed by atoms with Crippen molar-refractivity contribution in [2.45, 2.75) is 31.7 Å². The normalized spacial score (nSPS) is 12.0. The summed E-state index contributed by atoms with van der Waals surface area (Å²) in [5.41, 5.74) is 2.42. The second-order valence-corrected chi connectivity index (χ2v) is 8.48. The standard InChI is InChI=1S/C17H25NO3Si/c1-19-22(20-2,21-3)13-6-4-5-8-15-10-11-16-9-7-12-18-17(16)14-15/h7,9-12,14H,4-6,8,13H2,1-3H3. The van der Waals surface area contributed by atoms with Crippen LogP contribution >= 0.6 is 0 Å². The van der Waals surface area contributed by atoms with E-state index in [1.165, 1.54) is 10.9 Å². The van der Waals surface area contributed by atoms with Crippen molar-refractivity contribution in [1.82, 2.24) is 4.98 Å². The van der Waals surface area contributed by atoms with Gasteiger partial charge in [0.25, 0.3) is 0 Å². The second-order valence-electron chi connectivity index (χ2n) is 5.39. The molecule has 0 radical (unpaired) electrons. The first-order chi connectivity index (χ1) is 10.7. The maximum atomic E-state index is 5.44. The predicted molar refractivity (Wildman–Crippen MR) is 90.9 cm³/mol. The van der Waals surface area contributed by atoms with E-state index >= 15 is 0 Å². The van der Waals surface area contributed by atoms with E-state index in [1.54, 1.807) is 21.3 Å². The third kappa shape index (κ3) is 4.36. The fourth-order valence-electron chi connectivity index (χ4n) is 2.67. The van der Waals surface area contributed by atoms with Crippen molar-refractivity contribution in [2.75, 3.05) is 21.3 Å². The van der Waals surface area contributed by atoms with E-state index in [0.717, 1.165) is 37.2 Å². The molecule has 0 saturated heterocycles. The topological polar surface area (TPSA) is 40.6 Å². The number of nitrogens with zero attached hydrogens (tertiary/aromatic N) is 1. The highest BCUT2D eigenvalue weighted by Crippen LogP contribution is 2.19. The van der Waals surface area contributed by atoms with Gasteiger partial charge in [-0.15, -0.1) is 0 Å². The molecule has 0 amide bonds. The molecule has 0 N–H and O–H groups in total. The summed E-state index contributed by atoms with van der Waals surface area (Å²) in [6.45, 7) is 0. The molecule has 0 fully saturated rings. The minimum absolute atomic E-state index is 0.871. The van der Waals surface area contributed by atoms with E-state index in [4.69, 9.17) is 13.3 Å². The van der Waals surface area contributed by atoms with Gasteiger partial charge >= 0.3 is 8.80 Å². The summed E-state index contributed by atoms with van der Waals surface area (Å²) in [7, 11) is 2.61. The molecule has 0 spiro atoms. The molecule has 1 heterocycles. The molecule has 5 heteroatoms. The Morgan fingerprint density at radius 3 is 2.45 bits per heavy atom. The molecule has 0 saturated carbocycles. The number of benzene rings is 1. The lowest BCUT2D eigenvalue weighted by molar-refractivity contribution is 0.122. The highest BCUT2D eigenvalue weighted by molar-refractivity contribution is 6.60. The Balaban J connectivity index is 1.78. The quantitative estimate of drug-likeness (QED) is 0.520. The summed E-state index contributed by atoms with van der Waals surface area (Å²) in [5, 5.41) is 1.20. The molecule has 22 heavy (non-hydrogen) atoms. The van der Waals surface area contributed by atoms with Crippen LogP contribution in [-0.2, 0) is 19.7 Å². The molecule has 0 aliphatic rings. The summed E-state index contributed by atoms with van der Waals surface area (Å²) < 4.78 is 16.3. The van der Waals surface area contributed by atoms with Crippen molar-refractivity contribution in [3.05, 3.63) is 42.1 Å². The number of fused-ring (bicyclic) bond motifs is 1. The number of pyridine rings is 1. The first kappa shape index (κ1) is 17.1. The summed E-state index contributed by atoms with van der Waals surface area (Å²) in [4.78, 5) is 4.41. The molecule has 2 rings (SSSR count). The van der Waals surface area contributed by atoms with E-state index in [-0.39, 0.29) is 0 Å². The monoisotopic (exact) mass is 319 g/mol. The largest absolute Gasteiger partial charge is 0.500 e. The van der Waals surface area contributed by atoms with Gasteiger partial charge in [0, 0.05) is 39.0 Å². The van der Waals surface area contributed by atoms with Gasteiger partial charge in [0.05, 0.1) is 5.52 Å². The van der Waals surface area contributed by atoms with Crippen LogP contribution in [0.1, 0.15) is 24.8 Å². The van der Waals surface area contributed by atoms with Crippen molar-refractivity contribution < 1.29 is 13.3 Å². The van der Waals surface area contributed by atoms with Crippen molar-refractivity contribution in [3.63, 3.8) is 0 Å². The number of rotatable bonds is 9. The van der Waals surface area contributed by atoms with Crippen LogP contribution in [0.5, 0.6) is 0 Å². The van der Waals surface area contributed by atoms with Crippen molar-refractivity contribution in [2.24, 2.45) is 0 Å². The third-order valence-corrected chi connectivity index (χ3v) is 6.88. The molecule has 0 unspecified atom stereocenters. The highest BCUT2D eigenvalue weighted by atomic mass is 28.4. The molecule has 0 bridgehead atoms. The number of aromatic nitrogens is 1. The summed E-state index contributed by atoms with van der Waals surface area (Å²) in [6, 6.07) is 11.5. The lowest BCUT2D eigenvalue weighted by atomic mass is 10.1. The van der Waals surface area contributed by atoms with Crippen LogP contribution in [0.4, 0.5) is 0 Å². The van der Waals surface area contributed by atoms with Crippen LogP contribution in [0, 0.1) is 0 Å². The molecule has 1 aromatic carbocycles. The van der Waals surface area contributed by atoms with Gasteiger partial charge in [-0.2, -0.15) is 0 Å². The number of aryl methyl sites for hydroxylation is 1. The molecule has 0 aliphatic heterocycles. The fourth-order valence-corrected chi connectivity index (χ4v) is 4.47. The zero-order valence-corrected chi connectivity index (χ0v) is 14.7. The molecule has 120 valence electrons. The van der Waals surface area contributed by atoms with Gasteiger partial charge in [-0.1, -0.05) is 24.6 Å². The third-order valence-electron chi connectivity index (χ3n) is 4.05. The lowest BCUT2D eigenvalue weighted by Crippen LogP contribution is -2.42. The Morgan fingerprint density at radius 2 is 1.73 bits per heavy atom. The van der Waals surface area contributed by atoms with E-state index in [0.29, 0.717) is 0 Å². The van der Waals surface area contributed by atoms with Gasteiger partial charge in [0.2, 0.25) is 0 Å². The zero-order valence-electron chi connectivity index (χ0n) is 13.7. The highest BCUT2D eigenvalue weighted by Gasteiger charge is 2.36. The van der Waals surface area contributed by atoms with Crippen LogP contribution in [0.3, 0.4) is 0 Å². The molecule has 4 nitrogen and oxygen atoms in total. The number of hydrogen-bond donors (Lipinski definition) is 0. The van der Waals surface area contributed by atoms with Crippen molar-refractivity contribution in [3.8, 4) is 0 Å². The molecule has 0 aliphatic carbocycles. The first-order valence-corrected chi connectivity index (χ1v) is 9.65. The molecule has 1 aromatic heterocycles. The average molecular weight is 319 g/mol. The van der Waals surface area contributed by atoms with Gasteiger partial charge in [0.15, 0.2) is 0 Å². The Kier molecular flexibility index (Phi) is 6.51. The fraction of sp³-hybridized carbons (Fsp3) is 0.471. The minimum atomic E-state index is -2.39. The van der Waals surface area contributed by atoms with Gasteiger partial charge in [-0.3, -0.25) is 4.98 Å². The summed E-state index contributed by atoms with van der Waals surface area (Å²) in [5.74, 6) is 0. The minimum Gasteiger partial charge on any atom is -0.377 e. The van der Waals surface area contributed by atoms with Gasteiger partial charge in [-0.25, -0.2) is 0 Å². The smallest absolute Gasteiger partial charge is 0.377 e. The van der Waals surface area contributed by atoms with Crippen LogP contribution in [0.15, 0.2) is 36.5 Å². The lowest BCUT2D eigenvalue weighted by Gasteiger charge is -2.24. The SMILES string of the molecule is CO[Si](CCCCCc1ccc2cccnc2c1)(OC)OC. The van der Waals surface area contributed by atoms with Crippen molar-refractivity contribution >= 4 is 19.7 Å². The second kappa shape index (κ2) is 8.38. The summed E-state index contributed by atoms with van der Waals surface area (Å²) >= 11 is 0. The Bertz CT molecular complexity index is 579. The molecular formula is C17H25NO3Si. The van der Waals surface area contributed by atoms with Crippen molar-refractivity contribution in [1.29, 1.82) is 0 Å². The number of hydrogen-bond acceptors (Lipinski definition) is 4. The van der Waals surface area contributed by atoms with Gasteiger partial charge in [-0.05, 0) is 37.0 Å². The number of unbranched alkanes of at least 4 members (excludes halogenated alkanes) is 2. The molecular weight excluding hydrogens is 294 g/mol. The summed E-state index contributed by atoms with van der Waals surface area (Å²) in [6.07, 6.45) is 6.28. The van der Waals surface area contributed by atoms with Gasteiger partial charge < -0.3 is 13.3 Å². The maximum absolute atomic E-state index is 5.44. The van der Waals surface area contributed by atoms with Crippen LogP contribution in [0.2, 0.25) is 6.04 Å². The van der Waals surface area contributed by atoms with Crippen LogP contribution in [-0.4, -0.2) is 35.1 Å².